The zero-order chi connectivity index (χ0) is 34.8. The summed E-state index contributed by atoms with van der Waals surface area (Å²) in [6.45, 7) is 28.5. The largest absolute Gasteiger partial charge is 0.497 e. The molecule has 3 amide bonds. The summed E-state index contributed by atoms with van der Waals surface area (Å²) >= 11 is 0. The lowest BCUT2D eigenvalue weighted by Gasteiger charge is -2.40. The minimum atomic E-state index is -1.00. The topological polar surface area (TPSA) is 108 Å². The maximum absolute atomic E-state index is 13.8. The molecular weight excluding hydrogens is 607 g/mol. The van der Waals surface area contributed by atoms with E-state index in [2.05, 4.69) is 99.1 Å². The van der Waals surface area contributed by atoms with Gasteiger partial charge in [0.15, 0.2) is 6.79 Å². The van der Waals surface area contributed by atoms with E-state index in [9.17, 15) is 9.59 Å². The van der Waals surface area contributed by atoms with Gasteiger partial charge in [-0.15, -0.1) is 0 Å². The number of nitrogens with zero attached hydrogens (tertiary/aromatic N) is 1. The van der Waals surface area contributed by atoms with Gasteiger partial charge >= 0.3 is 6.03 Å². The number of hydrogen-bond donors (Lipinski definition) is 2. The Morgan fingerprint density at radius 2 is 1.36 bits per heavy atom. The summed E-state index contributed by atoms with van der Waals surface area (Å²) in [4.78, 5) is 28.8. The Morgan fingerprint density at radius 3 is 1.76 bits per heavy atom. The number of benzene rings is 1. The van der Waals surface area contributed by atoms with Crippen LogP contribution in [0.3, 0.4) is 0 Å². The highest BCUT2D eigenvalue weighted by molar-refractivity contribution is 6.48. The number of carbonyl (C=O) groups excluding carboxylic acids is 2. The van der Waals surface area contributed by atoms with Gasteiger partial charge in [-0.25, -0.2) is 4.79 Å². The molecule has 2 N–H and O–H groups in total. The second-order valence-electron chi connectivity index (χ2n) is 15.0. The fraction of sp³-hybridized carbons (Fsp3) is 0.758. The molecule has 0 heterocycles. The van der Waals surface area contributed by atoms with Gasteiger partial charge in [-0.2, -0.15) is 0 Å². The van der Waals surface area contributed by atoms with E-state index < -0.39 is 24.1 Å². The summed E-state index contributed by atoms with van der Waals surface area (Å²) in [5.74, 6) is 1.03. The van der Waals surface area contributed by atoms with Crippen LogP contribution in [0.1, 0.15) is 74.3 Å². The first kappa shape index (κ1) is 40.9. The van der Waals surface area contributed by atoms with Crippen LogP contribution in [-0.2, 0) is 23.8 Å². The van der Waals surface area contributed by atoms with Crippen molar-refractivity contribution in [1.82, 2.24) is 10.2 Å². The molecule has 258 valence electrons. The van der Waals surface area contributed by atoms with Crippen LogP contribution < -0.4 is 20.1 Å². The quantitative estimate of drug-likeness (QED) is 0.150. The standard InChI is InChI=1S/C33H61N3O7Si2/c1-31(2,3)24-18-23(40-11)19-25(29(24)41-22-39-10)35-30(38)34-17-16-28(37)36(20-26(32(4,5)6)42-44(12)13)21-27(33(7,8)9)43-45(14)15/h18-19,26-27H,16-17,20-22H2,1-15H3,(H2,34,35,38). The van der Waals surface area contributed by atoms with Gasteiger partial charge in [0.05, 0.1) is 25.0 Å². The molecule has 0 fully saturated rings. The summed E-state index contributed by atoms with van der Waals surface area (Å²) in [5.41, 5.74) is 0.696. The van der Waals surface area contributed by atoms with Crippen molar-refractivity contribution in [3.8, 4) is 11.5 Å². The number of rotatable bonds is 16. The Balaban J connectivity index is 3.19. The number of anilines is 1. The Bertz CT molecular complexity index is 1050. The van der Waals surface area contributed by atoms with Crippen LogP contribution in [0.15, 0.2) is 12.1 Å². The zero-order valence-electron chi connectivity index (χ0n) is 30.6. The summed E-state index contributed by atoms with van der Waals surface area (Å²) in [6.07, 6.45) is -0.136. The molecule has 0 spiro atoms. The minimum Gasteiger partial charge on any atom is -0.497 e. The summed E-state index contributed by atoms with van der Waals surface area (Å²) in [7, 11) is 1.12. The van der Waals surface area contributed by atoms with E-state index in [0.29, 0.717) is 30.3 Å². The first-order chi connectivity index (χ1) is 20.6. The molecule has 0 aromatic heterocycles. The molecule has 10 nitrogen and oxygen atoms in total. The predicted molar refractivity (Wildman–Crippen MR) is 186 cm³/mol. The van der Waals surface area contributed by atoms with Crippen molar-refractivity contribution >= 4 is 35.7 Å². The van der Waals surface area contributed by atoms with Crippen molar-refractivity contribution in [2.75, 3.05) is 46.0 Å². The van der Waals surface area contributed by atoms with Crippen molar-refractivity contribution in [1.29, 1.82) is 0 Å². The molecule has 0 aliphatic carbocycles. The van der Waals surface area contributed by atoms with Gasteiger partial charge in [0.2, 0.25) is 24.0 Å². The lowest BCUT2D eigenvalue weighted by molar-refractivity contribution is -0.135. The first-order valence-electron chi connectivity index (χ1n) is 15.7. The smallest absolute Gasteiger partial charge is 0.319 e. The summed E-state index contributed by atoms with van der Waals surface area (Å²) in [6, 6.07) is 3.15. The molecule has 2 unspecified atom stereocenters. The molecule has 1 aromatic rings. The fourth-order valence-electron chi connectivity index (χ4n) is 4.47. The number of amides is 3. The third-order valence-electron chi connectivity index (χ3n) is 7.11. The van der Waals surface area contributed by atoms with Gasteiger partial charge < -0.3 is 38.6 Å². The Morgan fingerprint density at radius 1 is 0.844 bits per heavy atom. The number of methoxy groups -OCH3 is 2. The molecule has 2 radical (unpaired) electrons. The van der Waals surface area contributed by atoms with Gasteiger partial charge in [-0.1, -0.05) is 62.3 Å². The molecule has 0 aliphatic heterocycles. The lowest BCUT2D eigenvalue weighted by Crippen LogP contribution is -2.51. The Labute approximate surface area is 276 Å². The molecule has 1 aromatic carbocycles. The van der Waals surface area contributed by atoms with Gasteiger partial charge in [0.25, 0.3) is 0 Å². The second kappa shape index (κ2) is 17.7. The maximum Gasteiger partial charge on any atom is 0.319 e. The fourth-order valence-corrected chi connectivity index (χ4v) is 6.47. The monoisotopic (exact) mass is 667 g/mol. The van der Waals surface area contributed by atoms with E-state index in [-0.39, 0.29) is 54.1 Å². The first-order valence-corrected chi connectivity index (χ1v) is 20.5. The van der Waals surface area contributed by atoms with Crippen molar-refractivity contribution in [3.63, 3.8) is 0 Å². The molecule has 0 saturated carbocycles. The average Bonchev–Trinajstić information content (AvgIpc) is 2.88. The number of urea groups is 1. The number of carbonyl (C=O) groups is 2. The lowest BCUT2D eigenvalue weighted by atomic mass is 9.85. The molecule has 0 saturated heterocycles. The van der Waals surface area contributed by atoms with E-state index in [4.69, 9.17) is 23.1 Å². The highest BCUT2D eigenvalue weighted by Gasteiger charge is 2.34. The van der Waals surface area contributed by atoms with Crippen LogP contribution in [0.2, 0.25) is 26.2 Å². The van der Waals surface area contributed by atoms with Crippen LogP contribution in [0.4, 0.5) is 10.5 Å². The molecule has 0 bridgehead atoms. The predicted octanol–water partition coefficient (Wildman–Crippen LogP) is 6.68. The van der Waals surface area contributed by atoms with E-state index in [1.54, 1.807) is 20.3 Å². The molecule has 0 aliphatic rings. The summed E-state index contributed by atoms with van der Waals surface area (Å²) < 4.78 is 29.4. The normalized spacial score (nSPS) is 13.9. The van der Waals surface area contributed by atoms with Gasteiger partial charge in [-0.05, 0) is 48.5 Å². The SMILES string of the molecule is COCOc1c(NC(=O)NCCC(=O)N(CC(O[Si](C)C)C(C)(C)C)CC(O[Si](C)C)C(C)(C)C)cc(OC)cc1C(C)(C)C. The van der Waals surface area contributed by atoms with Crippen LogP contribution in [0.5, 0.6) is 11.5 Å². The number of nitrogens with one attached hydrogen (secondary N) is 2. The molecule has 2 atom stereocenters. The number of hydrogen-bond acceptors (Lipinski definition) is 7. The highest BCUT2D eigenvalue weighted by Crippen LogP contribution is 2.40. The van der Waals surface area contributed by atoms with Crippen molar-refractivity contribution < 1.29 is 32.7 Å². The van der Waals surface area contributed by atoms with Crippen molar-refractivity contribution in [3.05, 3.63) is 17.7 Å². The third kappa shape index (κ3) is 14.5. The Hall–Kier alpha value is -2.13. The maximum atomic E-state index is 13.8. The third-order valence-corrected chi connectivity index (χ3v) is 8.62. The van der Waals surface area contributed by atoms with Crippen molar-refractivity contribution in [2.45, 2.75) is 113 Å². The van der Waals surface area contributed by atoms with E-state index in [1.165, 1.54) is 0 Å². The van der Waals surface area contributed by atoms with Crippen molar-refractivity contribution in [2.24, 2.45) is 10.8 Å². The highest BCUT2D eigenvalue weighted by atomic mass is 28.3. The molecule has 12 heteroatoms. The zero-order valence-corrected chi connectivity index (χ0v) is 32.6. The van der Waals surface area contributed by atoms with Crippen LogP contribution in [-0.4, -0.2) is 87.8 Å². The van der Waals surface area contributed by atoms with Gasteiger partial charge in [0, 0.05) is 44.8 Å². The summed E-state index contributed by atoms with van der Waals surface area (Å²) in [5, 5.41) is 5.74. The van der Waals surface area contributed by atoms with E-state index in [0.717, 1.165) is 5.56 Å². The van der Waals surface area contributed by atoms with E-state index >= 15 is 0 Å². The van der Waals surface area contributed by atoms with Gasteiger partial charge in [-0.3, -0.25) is 4.79 Å². The molecular formula is C33H61N3O7Si2. The minimum absolute atomic E-state index is 0.0197. The van der Waals surface area contributed by atoms with Crippen LogP contribution >= 0.6 is 0 Å². The van der Waals surface area contributed by atoms with Gasteiger partial charge in [0.1, 0.15) is 11.5 Å². The molecule has 1 rings (SSSR count). The molecule has 45 heavy (non-hydrogen) atoms. The number of ether oxygens (including phenoxy) is 3. The van der Waals surface area contributed by atoms with E-state index in [1.807, 2.05) is 11.0 Å². The van der Waals surface area contributed by atoms with Crippen LogP contribution in [0.25, 0.3) is 0 Å². The van der Waals surface area contributed by atoms with Crippen LogP contribution in [0, 0.1) is 10.8 Å². The average molecular weight is 668 g/mol. The Kier molecular flexibility index (Phi) is 16.1. The second-order valence-corrected chi connectivity index (χ2v) is 19.1.